The molecule has 0 bridgehead atoms. The number of Topliss-reactive ketones (excluding diaryl/α,β-unsaturated/α-hetero) is 1. The number of thiazole rings is 1. The fourth-order valence-corrected chi connectivity index (χ4v) is 2.77. The lowest BCUT2D eigenvalue weighted by Crippen LogP contribution is -2.09. The molecular formula is C10H13NO3S2. The number of hydrogen-bond donors (Lipinski definition) is 0. The van der Waals surface area contributed by atoms with Crippen molar-refractivity contribution < 1.29 is 14.3 Å². The highest BCUT2D eigenvalue weighted by Gasteiger charge is 2.21. The van der Waals surface area contributed by atoms with Gasteiger partial charge in [0, 0.05) is 12.7 Å². The van der Waals surface area contributed by atoms with Gasteiger partial charge in [0.1, 0.15) is 9.88 Å². The Morgan fingerprint density at radius 1 is 1.50 bits per heavy atom. The number of carbonyl (C=O) groups excluding carboxylic acids is 2. The Morgan fingerprint density at radius 2 is 2.19 bits per heavy atom. The number of nitrogens with zero attached hydrogens (tertiary/aromatic N) is 1. The third-order valence-corrected chi connectivity index (χ3v) is 3.63. The second kappa shape index (κ2) is 6.00. The number of aromatic nitrogens is 1. The van der Waals surface area contributed by atoms with Gasteiger partial charge >= 0.3 is 5.97 Å². The average Bonchev–Trinajstić information content (AvgIpc) is 2.63. The molecule has 0 aliphatic rings. The Hall–Kier alpha value is -0.880. The molecule has 0 radical (unpaired) electrons. The van der Waals surface area contributed by atoms with Crippen LogP contribution in [0, 0.1) is 0 Å². The Morgan fingerprint density at radius 3 is 2.69 bits per heavy atom. The second-order valence-corrected chi connectivity index (χ2v) is 4.94. The second-order valence-electron chi connectivity index (χ2n) is 3.00. The molecule has 1 rings (SSSR count). The zero-order valence-corrected chi connectivity index (χ0v) is 11.0. The van der Waals surface area contributed by atoms with Crippen molar-refractivity contribution in [3.05, 3.63) is 15.6 Å². The SMILES string of the molecule is CCOC(=O)c1nc(CSC)sc1C(C)=O. The quantitative estimate of drug-likeness (QED) is 0.600. The van der Waals surface area contributed by atoms with Gasteiger partial charge in [0.25, 0.3) is 0 Å². The van der Waals surface area contributed by atoms with Crippen LogP contribution in [-0.2, 0) is 10.5 Å². The molecular weight excluding hydrogens is 246 g/mol. The molecule has 1 aromatic rings. The molecule has 88 valence electrons. The van der Waals surface area contributed by atoms with Crippen LogP contribution >= 0.6 is 23.1 Å². The predicted molar refractivity (Wildman–Crippen MR) is 65.3 cm³/mol. The fourth-order valence-electron chi connectivity index (χ4n) is 1.13. The maximum atomic E-state index is 11.6. The minimum atomic E-state index is -0.517. The van der Waals surface area contributed by atoms with Gasteiger partial charge in [0.05, 0.1) is 6.61 Å². The molecule has 16 heavy (non-hydrogen) atoms. The van der Waals surface area contributed by atoms with Crippen LogP contribution in [0.5, 0.6) is 0 Å². The molecule has 0 fully saturated rings. The van der Waals surface area contributed by atoms with E-state index >= 15 is 0 Å². The van der Waals surface area contributed by atoms with Gasteiger partial charge in [0.15, 0.2) is 11.5 Å². The lowest BCUT2D eigenvalue weighted by atomic mass is 10.3. The lowest BCUT2D eigenvalue weighted by Gasteiger charge is -1.98. The van der Waals surface area contributed by atoms with Crippen molar-refractivity contribution in [1.82, 2.24) is 4.98 Å². The van der Waals surface area contributed by atoms with Gasteiger partial charge in [-0.25, -0.2) is 9.78 Å². The highest BCUT2D eigenvalue weighted by molar-refractivity contribution is 7.97. The van der Waals surface area contributed by atoms with E-state index in [0.717, 1.165) is 5.01 Å². The van der Waals surface area contributed by atoms with Gasteiger partial charge in [-0.2, -0.15) is 11.8 Å². The monoisotopic (exact) mass is 259 g/mol. The third kappa shape index (κ3) is 3.05. The summed E-state index contributed by atoms with van der Waals surface area (Å²) >= 11 is 2.86. The van der Waals surface area contributed by atoms with Crippen molar-refractivity contribution in [1.29, 1.82) is 0 Å². The summed E-state index contributed by atoms with van der Waals surface area (Å²) < 4.78 is 4.86. The van der Waals surface area contributed by atoms with Crippen molar-refractivity contribution >= 4 is 34.9 Å². The first-order valence-electron chi connectivity index (χ1n) is 4.76. The van der Waals surface area contributed by atoms with Crippen LogP contribution in [0.15, 0.2) is 0 Å². The third-order valence-electron chi connectivity index (χ3n) is 1.73. The number of hydrogen-bond acceptors (Lipinski definition) is 6. The normalized spacial score (nSPS) is 10.2. The summed E-state index contributed by atoms with van der Waals surface area (Å²) in [5.41, 5.74) is 0.156. The predicted octanol–water partition coefficient (Wildman–Crippen LogP) is 2.39. The van der Waals surface area contributed by atoms with Gasteiger partial charge < -0.3 is 4.74 Å². The topological polar surface area (TPSA) is 56.3 Å². The van der Waals surface area contributed by atoms with E-state index in [0.29, 0.717) is 10.6 Å². The molecule has 1 heterocycles. The lowest BCUT2D eigenvalue weighted by molar-refractivity contribution is 0.0517. The van der Waals surface area contributed by atoms with E-state index in [1.165, 1.54) is 18.3 Å². The molecule has 0 saturated carbocycles. The molecule has 0 amide bonds. The number of ether oxygens (including phenoxy) is 1. The van der Waals surface area contributed by atoms with Crippen molar-refractivity contribution in [2.45, 2.75) is 19.6 Å². The van der Waals surface area contributed by atoms with E-state index in [1.807, 2.05) is 6.26 Å². The van der Waals surface area contributed by atoms with E-state index in [2.05, 4.69) is 4.98 Å². The van der Waals surface area contributed by atoms with Crippen LogP contribution in [0.25, 0.3) is 0 Å². The first-order valence-corrected chi connectivity index (χ1v) is 6.97. The number of esters is 1. The summed E-state index contributed by atoms with van der Waals surface area (Å²) in [5, 5.41) is 0.778. The standard InChI is InChI=1S/C10H13NO3S2/c1-4-14-10(13)8-9(6(2)12)16-7(11-8)5-15-3/h4-5H2,1-3H3. The van der Waals surface area contributed by atoms with Gasteiger partial charge in [-0.05, 0) is 13.2 Å². The zero-order valence-electron chi connectivity index (χ0n) is 9.40. The number of rotatable bonds is 5. The smallest absolute Gasteiger partial charge is 0.358 e. The molecule has 0 atom stereocenters. The van der Waals surface area contributed by atoms with E-state index in [1.54, 1.807) is 18.7 Å². The summed E-state index contributed by atoms with van der Waals surface area (Å²) in [5.74, 6) is 0.0360. The summed E-state index contributed by atoms with van der Waals surface area (Å²) in [6, 6.07) is 0. The van der Waals surface area contributed by atoms with Crippen LogP contribution in [0.2, 0.25) is 0 Å². The van der Waals surface area contributed by atoms with Gasteiger partial charge in [0.2, 0.25) is 0 Å². The Balaban J connectivity index is 3.04. The van der Waals surface area contributed by atoms with Gasteiger partial charge in [-0.15, -0.1) is 11.3 Å². The highest BCUT2D eigenvalue weighted by Crippen LogP contribution is 2.23. The molecule has 1 aromatic heterocycles. The average molecular weight is 259 g/mol. The maximum absolute atomic E-state index is 11.6. The van der Waals surface area contributed by atoms with Crippen molar-refractivity contribution in [2.75, 3.05) is 12.9 Å². The van der Waals surface area contributed by atoms with Crippen molar-refractivity contribution in [3.8, 4) is 0 Å². The fraction of sp³-hybridized carbons (Fsp3) is 0.500. The molecule has 0 N–H and O–H groups in total. The Labute approximate surface area is 102 Å². The first kappa shape index (κ1) is 13.2. The maximum Gasteiger partial charge on any atom is 0.358 e. The summed E-state index contributed by atoms with van der Waals surface area (Å²) in [4.78, 5) is 27.4. The number of carbonyl (C=O) groups is 2. The van der Waals surface area contributed by atoms with E-state index < -0.39 is 5.97 Å². The number of thioether (sulfide) groups is 1. The minimum absolute atomic E-state index is 0.145. The molecule has 0 spiro atoms. The number of ketones is 1. The first-order chi connectivity index (χ1) is 7.60. The van der Waals surface area contributed by atoms with Crippen molar-refractivity contribution in [3.63, 3.8) is 0 Å². The summed E-state index contributed by atoms with van der Waals surface area (Å²) in [7, 11) is 0. The molecule has 4 nitrogen and oxygen atoms in total. The van der Waals surface area contributed by atoms with Gasteiger partial charge in [-0.1, -0.05) is 0 Å². The van der Waals surface area contributed by atoms with Crippen molar-refractivity contribution in [2.24, 2.45) is 0 Å². The van der Waals surface area contributed by atoms with Gasteiger partial charge in [-0.3, -0.25) is 4.79 Å². The Kier molecular flexibility index (Phi) is 4.95. The largest absolute Gasteiger partial charge is 0.461 e. The van der Waals surface area contributed by atoms with E-state index in [4.69, 9.17) is 4.74 Å². The molecule has 0 aliphatic heterocycles. The van der Waals surface area contributed by atoms with E-state index in [9.17, 15) is 9.59 Å². The van der Waals surface area contributed by atoms with Crippen LogP contribution in [0.3, 0.4) is 0 Å². The van der Waals surface area contributed by atoms with E-state index in [-0.39, 0.29) is 18.1 Å². The summed E-state index contributed by atoms with van der Waals surface area (Å²) in [6.45, 7) is 3.44. The molecule has 0 saturated heterocycles. The van der Waals surface area contributed by atoms with Crippen LogP contribution in [-0.4, -0.2) is 29.6 Å². The van der Waals surface area contributed by atoms with Crippen LogP contribution < -0.4 is 0 Å². The molecule has 6 heteroatoms. The molecule has 0 aromatic carbocycles. The highest BCUT2D eigenvalue weighted by atomic mass is 32.2. The molecule has 0 unspecified atom stereocenters. The van der Waals surface area contributed by atoms with Crippen LogP contribution in [0.1, 0.15) is 39.0 Å². The Bertz CT molecular complexity index is 401. The zero-order chi connectivity index (χ0) is 12.1. The molecule has 0 aliphatic carbocycles. The van der Waals surface area contributed by atoms with Crippen LogP contribution in [0.4, 0.5) is 0 Å². The minimum Gasteiger partial charge on any atom is -0.461 e. The summed E-state index contributed by atoms with van der Waals surface area (Å²) in [6.07, 6.45) is 1.94.